The lowest BCUT2D eigenvalue weighted by molar-refractivity contribution is -0.194. The normalized spacial score (nSPS) is 23.5. The van der Waals surface area contributed by atoms with Gasteiger partial charge in [0, 0.05) is 20.6 Å². The summed E-state index contributed by atoms with van der Waals surface area (Å²) in [5.41, 5.74) is 0. The Morgan fingerprint density at radius 3 is 1.89 bits per heavy atom. The van der Waals surface area contributed by atoms with Crippen LogP contribution < -0.4 is 5.32 Å². The quantitative estimate of drug-likeness (QED) is 0.0707. The monoisotopic (exact) mass is 645 g/mol. The molecule has 0 bridgehead atoms. The maximum absolute atomic E-state index is 12.2. The van der Waals surface area contributed by atoms with Crippen LogP contribution in [0.1, 0.15) is 137 Å². The summed E-state index contributed by atoms with van der Waals surface area (Å²) in [7, 11) is -0.601. The van der Waals surface area contributed by atoms with Crippen molar-refractivity contribution in [2.75, 3.05) is 26.9 Å². The molecule has 0 saturated carbocycles. The SMILES string of the molecule is CCCCCCCCCCCCCCCCOC[C@H](CC[C@@H]1O[C@H](CO)[C@@H](O)[C@H](O[Si](C)(C)C(C)(C)C)[C@H]1NC(C)=O)OC. The molecule has 1 amide bonds. The van der Waals surface area contributed by atoms with Gasteiger partial charge in [-0.2, -0.15) is 0 Å². The van der Waals surface area contributed by atoms with E-state index in [9.17, 15) is 15.0 Å². The highest BCUT2D eigenvalue weighted by atomic mass is 28.4. The molecule has 8 nitrogen and oxygen atoms in total. The van der Waals surface area contributed by atoms with Gasteiger partial charge in [0.05, 0.1) is 37.6 Å². The average molecular weight is 646 g/mol. The van der Waals surface area contributed by atoms with Crippen LogP contribution in [0.2, 0.25) is 18.1 Å². The number of nitrogens with one attached hydrogen (secondary N) is 1. The highest BCUT2D eigenvalue weighted by Crippen LogP contribution is 2.40. The Bertz CT molecular complexity index is 732. The standard InChI is InChI=1S/C35H71NO7Si/c1-9-10-11-12-13-14-15-16-17-18-19-20-21-22-25-41-27-29(40-6)23-24-30-32(36-28(2)38)34(33(39)31(26-37)42-30)43-44(7,8)35(3,4)5/h29-34,37,39H,9-27H2,1-8H3,(H,36,38)/t29-,30-,31+,32-,33+,34+/m0/s1. The molecular formula is C35H71NO7Si. The molecular weight excluding hydrogens is 574 g/mol. The van der Waals surface area contributed by atoms with E-state index in [1.165, 1.54) is 90.4 Å². The van der Waals surface area contributed by atoms with Gasteiger partial charge in [-0.3, -0.25) is 4.79 Å². The van der Waals surface area contributed by atoms with Gasteiger partial charge < -0.3 is 34.2 Å². The molecule has 6 atom stereocenters. The summed E-state index contributed by atoms with van der Waals surface area (Å²) < 4.78 is 24.5. The summed E-state index contributed by atoms with van der Waals surface area (Å²) >= 11 is 0. The molecule has 0 aromatic carbocycles. The maximum atomic E-state index is 12.2. The van der Waals surface area contributed by atoms with Crippen LogP contribution in [0.25, 0.3) is 0 Å². The molecule has 1 aliphatic rings. The first kappa shape index (κ1) is 41.5. The third-order valence-corrected chi connectivity index (χ3v) is 14.1. The van der Waals surface area contributed by atoms with E-state index in [2.05, 4.69) is 46.1 Å². The molecule has 9 heteroatoms. The molecule has 1 saturated heterocycles. The molecule has 0 spiro atoms. The number of ether oxygens (including phenoxy) is 3. The molecule has 1 fully saturated rings. The van der Waals surface area contributed by atoms with E-state index in [0.717, 1.165) is 13.0 Å². The minimum atomic E-state index is -2.29. The summed E-state index contributed by atoms with van der Waals surface area (Å²) in [5, 5.41) is 24.0. The number of hydrogen-bond donors (Lipinski definition) is 3. The molecule has 0 unspecified atom stereocenters. The molecule has 0 aromatic rings. The van der Waals surface area contributed by atoms with Crippen molar-refractivity contribution in [3.05, 3.63) is 0 Å². The van der Waals surface area contributed by atoms with Crippen molar-refractivity contribution < 1.29 is 33.6 Å². The largest absolute Gasteiger partial charge is 0.409 e. The Balaban J connectivity index is 2.42. The Kier molecular flexibility index (Phi) is 21.6. The van der Waals surface area contributed by atoms with E-state index in [-0.39, 0.29) is 23.7 Å². The number of aliphatic hydroxyl groups excluding tert-OH is 2. The Morgan fingerprint density at radius 2 is 1.43 bits per heavy atom. The highest BCUT2D eigenvalue weighted by Gasteiger charge is 2.50. The van der Waals surface area contributed by atoms with Crippen LogP contribution in [0.5, 0.6) is 0 Å². The van der Waals surface area contributed by atoms with E-state index in [0.29, 0.717) is 19.4 Å². The van der Waals surface area contributed by atoms with Crippen LogP contribution in [-0.2, 0) is 23.4 Å². The van der Waals surface area contributed by atoms with Crippen molar-refractivity contribution >= 4 is 14.2 Å². The lowest BCUT2D eigenvalue weighted by Crippen LogP contribution is -2.67. The Labute approximate surface area is 271 Å². The lowest BCUT2D eigenvalue weighted by atomic mass is 9.90. The first-order valence-electron chi connectivity index (χ1n) is 17.9. The van der Waals surface area contributed by atoms with Crippen LogP contribution in [0, 0.1) is 0 Å². The number of carbonyl (C=O) groups is 1. The molecule has 0 aromatic heterocycles. The van der Waals surface area contributed by atoms with Crippen LogP contribution in [0.4, 0.5) is 0 Å². The van der Waals surface area contributed by atoms with Gasteiger partial charge in [0.15, 0.2) is 8.32 Å². The maximum Gasteiger partial charge on any atom is 0.217 e. The van der Waals surface area contributed by atoms with Crippen molar-refractivity contribution in [2.45, 2.75) is 192 Å². The second-order valence-electron chi connectivity index (χ2n) is 14.6. The molecule has 44 heavy (non-hydrogen) atoms. The van der Waals surface area contributed by atoms with Gasteiger partial charge >= 0.3 is 0 Å². The van der Waals surface area contributed by atoms with Crippen molar-refractivity contribution in [3.8, 4) is 0 Å². The molecule has 1 heterocycles. The van der Waals surface area contributed by atoms with Crippen molar-refractivity contribution in [2.24, 2.45) is 0 Å². The first-order chi connectivity index (χ1) is 20.9. The third-order valence-electron chi connectivity index (χ3n) is 9.66. The second kappa shape index (κ2) is 22.9. The number of hydrogen-bond acceptors (Lipinski definition) is 7. The fraction of sp³-hybridized carbons (Fsp3) is 0.971. The van der Waals surface area contributed by atoms with Gasteiger partial charge in [-0.25, -0.2) is 0 Å². The molecule has 1 rings (SSSR count). The predicted molar refractivity (Wildman–Crippen MR) is 183 cm³/mol. The summed E-state index contributed by atoms with van der Waals surface area (Å²) in [4.78, 5) is 12.2. The van der Waals surface area contributed by atoms with E-state index >= 15 is 0 Å². The van der Waals surface area contributed by atoms with E-state index in [4.69, 9.17) is 18.6 Å². The van der Waals surface area contributed by atoms with Crippen LogP contribution in [0.3, 0.4) is 0 Å². The van der Waals surface area contributed by atoms with E-state index < -0.39 is 38.8 Å². The third kappa shape index (κ3) is 16.3. The molecule has 1 aliphatic heterocycles. The topological polar surface area (TPSA) is 106 Å². The van der Waals surface area contributed by atoms with Gasteiger partial charge in [-0.1, -0.05) is 111 Å². The van der Waals surface area contributed by atoms with Gasteiger partial charge in [0.25, 0.3) is 0 Å². The summed E-state index contributed by atoms with van der Waals surface area (Å²) in [6, 6.07) is -0.534. The van der Waals surface area contributed by atoms with E-state index in [1.807, 2.05) is 0 Å². The average Bonchev–Trinajstić information content (AvgIpc) is 2.96. The number of carbonyl (C=O) groups excluding carboxylic acids is 1. The predicted octanol–water partition coefficient (Wildman–Crippen LogP) is 7.30. The molecule has 0 aliphatic carbocycles. The van der Waals surface area contributed by atoms with Crippen LogP contribution in [0.15, 0.2) is 0 Å². The van der Waals surface area contributed by atoms with Crippen molar-refractivity contribution in [1.82, 2.24) is 5.32 Å². The summed E-state index contributed by atoms with van der Waals surface area (Å²) in [6.07, 6.45) is 16.9. The zero-order valence-electron chi connectivity index (χ0n) is 29.8. The summed E-state index contributed by atoms with van der Waals surface area (Å²) in [5.74, 6) is -0.207. The van der Waals surface area contributed by atoms with Crippen molar-refractivity contribution in [1.29, 1.82) is 0 Å². The smallest absolute Gasteiger partial charge is 0.217 e. The van der Waals surface area contributed by atoms with Crippen molar-refractivity contribution in [3.63, 3.8) is 0 Å². The Morgan fingerprint density at radius 1 is 0.909 bits per heavy atom. The minimum absolute atomic E-state index is 0.0819. The first-order valence-corrected chi connectivity index (χ1v) is 20.8. The molecule has 0 radical (unpaired) electrons. The molecule has 3 N–H and O–H groups in total. The number of methoxy groups -OCH3 is 1. The zero-order valence-corrected chi connectivity index (χ0v) is 30.8. The minimum Gasteiger partial charge on any atom is -0.409 e. The number of aliphatic hydroxyl groups is 2. The van der Waals surface area contributed by atoms with Gasteiger partial charge in [0.1, 0.15) is 12.2 Å². The van der Waals surface area contributed by atoms with Gasteiger partial charge in [-0.05, 0) is 37.4 Å². The Hall–Kier alpha value is -0.553. The number of rotatable bonds is 25. The fourth-order valence-corrected chi connectivity index (χ4v) is 7.05. The van der Waals surface area contributed by atoms with Crippen LogP contribution in [-0.4, -0.2) is 87.9 Å². The highest BCUT2D eigenvalue weighted by molar-refractivity contribution is 6.74. The number of amides is 1. The van der Waals surface area contributed by atoms with E-state index in [1.54, 1.807) is 7.11 Å². The van der Waals surface area contributed by atoms with Gasteiger partial charge in [0.2, 0.25) is 5.91 Å². The fourth-order valence-electron chi connectivity index (χ4n) is 5.73. The van der Waals surface area contributed by atoms with Gasteiger partial charge in [-0.15, -0.1) is 0 Å². The zero-order chi connectivity index (χ0) is 33.0. The lowest BCUT2D eigenvalue weighted by Gasteiger charge is -2.49. The number of unbranched alkanes of at least 4 members (excludes halogenated alkanes) is 13. The van der Waals surface area contributed by atoms with Crippen LogP contribution >= 0.6 is 0 Å². The molecule has 262 valence electrons. The summed E-state index contributed by atoms with van der Waals surface area (Å²) in [6.45, 7) is 15.3. The second-order valence-corrected chi connectivity index (χ2v) is 19.3.